The van der Waals surface area contributed by atoms with E-state index in [0.717, 1.165) is 38.5 Å². The van der Waals surface area contributed by atoms with Crippen LogP contribution < -0.4 is 5.32 Å². The number of ether oxygens (including phenoxy) is 2. The number of hydrogen-bond acceptors (Lipinski definition) is 8. The van der Waals surface area contributed by atoms with Crippen LogP contribution in [-0.2, 0) is 14.3 Å². The third-order valence-corrected chi connectivity index (χ3v) is 12.4. The summed E-state index contributed by atoms with van der Waals surface area (Å²) in [5.74, 6) is -0.172. The second-order valence-electron chi connectivity index (χ2n) is 18.0. The van der Waals surface area contributed by atoms with Crippen LogP contribution in [0.1, 0.15) is 245 Å². The molecule has 1 rings (SSSR count). The third kappa shape index (κ3) is 31.4. The monoisotopic (exact) mass is 840 g/mol. The van der Waals surface area contributed by atoms with E-state index in [4.69, 9.17) is 9.47 Å². The van der Waals surface area contributed by atoms with Gasteiger partial charge in [0.15, 0.2) is 6.29 Å². The van der Waals surface area contributed by atoms with E-state index >= 15 is 0 Å². The van der Waals surface area contributed by atoms with Crippen LogP contribution in [0, 0.1) is 0 Å². The fourth-order valence-electron chi connectivity index (χ4n) is 8.28. The van der Waals surface area contributed by atoms with Gasteiger partial charge in [0.2, 0.25) is 5.91 Å². The fraction of sp³-hybridized carbons (Fsp3) is 0.940. The maximum atomic E-state index is 13.0. The van der Waals surface area contributed by atoms with Crippen molar-refractivity contribution in [3.63, 3.8) is 0 Å². The first-order valence-corrected chi connectivity index (χ1v) is 25.4. The lowest BCUT2D eigenvalue weighted by atomic mass is 9.99. The van der Waals surface area contributed by atoms with E-state index in [2.05, 4.69) is 19.2 Å². The smallest absolute Gasteiger partial charge is 0.220 e. The van der Waals surface area contributed by atoms with Crippen molar-refractivity contribution in [1.29, 1.82) is 0 Å². The van der Waals surface area contributed by atoms with Gasteiger partial charge in [-0.1, -0.05) is 231 Å². The van der Waals surface area contributed by atoms with Gasteiger partial charge >= 0.3 is 0 Å². The Balaban J connectivity index is 2.24. The number of aliphatic hydroxyl groups is 5. The predicted octanol–water partition coefficient (Wildman–Crippen LogP) is 11.3. The molecule has 7 atom stereocenters. The Morgan fingerprint density at radius 3 is 1.32 bits per heavy atom. The van der Waals surface area contributed by atoms with Gasteiger partial charge in [-0.15, -0.1) is 0 Å². The molecule has 9 nitrogen and oxygen atoms in total. The molecule has 9 heteroatoms. The summed E-state index contributed by atoms with van der Waals surface area (Å²) in [7, 11) is 0. The number of unbranched alkanes of at least 4 members (excludes halogenated alkanes) is 33. The van der Waals surface area contributed by atoms with Gasteiger partial charge in [-0.25, -0.2) is 0 Å². The quantitative estimate of drug-likeness (QED) is 0.0263. The van der Waals surface area contributed by atoms with Crippen molar-refractivity contribution in [2.24, 2.45) is 0 Å². The molecule has 350 valence electrons. The summed E-state index contributed by atoms with van der Waals surface area (Å²) in [6, 6.07) is -0.798. The van der Waals surface area contributed by atoms with E-state index < -0.39 is 49.5 Å². The van der Waals surface area contributed by atoms with Crippen molar-refractivity contribution in [2.45, 2.75) is 288 Å². The second-order valence-corrected chi connectivity index (χ2v) is 18.0. The lowest BCUT2D eigenvalue weighted by Crippen LogP contribution is -2.60. The number of amides is 1. The van der Waals surface area contributed by atoms with Crippen LogP contribution in [0.15, 0.2) is 12.2 Å². The average molecular weight is 840 g/mol. The Labute approximate surface area is 363 Å². The Morgan fingerprint density at radius 2 is 0.932 bits per heavy atom. The zero-order chi connectivity index (χ0) is 43.0. The van der Waals surface area contributed by atoms with E-state index in [1.165, 1.54) is 186 Å². The average Bonchev–Trinajstić information content (AvgIpc) is 3.23. The Morgan fingerprint density at radius 1 is 0.559 bits per heavy atom. The number of nitrogens with one attached hydrogen (secondary N) is 1. The van der Waals surface area contributed by atoms with Crippen molar-refractivity contribution in [3.8, 4) is 0 Å². The Hall–Kier alpha value is -1.07. The van der Waals surface area contributed by atoms with Crippen molar-refractivity contribution < 1.29 is 39.8 Å². The molecule has 1 aliphatic heterocycles. The summed E-state index contributed by atoms with van der Waals surface area (Å²) in [6.45, 7) is 3.79. The number of rotatable bonds is 43. The maximum Gasteiger partial charge on any atom is 0.220 e. The van der Waals surface area contributed by atoms with Crippen LogP contribution in [0.3, 0.4) is 0 Å². The first-order valence-electron chi connectivity index (χ1n) is 25.4. The van der Waals surface area contributed by atoms with Crippen molar-refractivity contribution in [3.05, 3.63) is 12.2 Å². The van der Waals surface area contributed by atoms with Gasteiger partial charge in [0.25, 0.3) is 0 Å². The molecule has 0 aliphatic carbocycles. The van der Waals surface area contributed by atoms with Crippen molar-refractivity contribution in [1.82, 2.24) is 5.32 Å². The first kappa shape index (κ1) is 55.9. The Bertz CT molecular complexity index is 935. The molecule has 1 aliphatic rings. The normalized spacial score (nSPS) is 20.7. The lowest BCUT2D eigenvalue weighted by molar-refractivity contribution is -0.302. The molecule has 1 heterocycles. The largest absolute Gasteiger partial charge is 0.394 e. The molecular weight excluding hydrogens is 743 g/mol. The minimum atomic E-state index is -1.56. The highest BCUT2D eigenvalue weighted by molar-refractivity contribution is 5.76. The second kappa shape index (κ2) is 41.0. The van der Waals surface area contributed by atoms with Crippen LogP contribution in [0.25, 0.3) is 0 Å². The summed E-state index contributed by atoms with van der Waals surface area (Å²) in [5.41, 5.74) is 0. The van der Waals surface area contributed by atoms with E-state index in [-0.39, 0.29) is 12.5 Å². The van der Waals surface area contributed by atoms with Crippen molar-refractivity contribution >= 4 is 5.91 Å². The van der Waals surface area contributed by atoms with Gasteiger partial charge in [0.05, 0.1) is 25.4 Å². The molecule has 0 aromatic carbocycles. The summed E-state index contributed by atoms with van der Waals surface area (Å²) in [6.07, 6.45) is 41.2. The maximum absolute atomic E-state index is 13.0. The van der Waals surface area contributed by atoms with Crippen LogP contribution in [0.5, 0.6) is 0 Å². The lowest BCUT2D eigenvalue weighted by Gasteiger charge is -2.40. The summed E-state index contributed by atoms with van der Waals surface area (Å²) >= 11 is 0. The summed E-state index contributed by atoms with van der Waals surface area (Å²) in [4.78, 5) is 13.0. The highest BCUT2D eigenvalue weighted by atomic mass is 16.7. The molecular formula is C50H97NO8. The van der Waals surface area contributed by atoms with Crippen molar-refractivity contribution in [2.75, 3.05) is 13.2 Å². The molecule has 59 heavy (non-hydrogen) atoms. The molecule has 1 amide bonds. The summed E-state index contributed by atoms with van der Waals surface area (Å²) in [5, 5.41) is 54.3. The third-order valence-electron chi connectivity index (χ3n) is 12.4. The number of aliphatic hydroxyl groups excluding tert-OH is 5. The van der Waals surface area contributed by atoms with Gasteiger partial charge in [0.1, 0.15) is 24.4 Å². The molecule has 1 fully saturated rings. The summed E-state index contributed by atoms with van der Waals surface area (Å²) < 4.78 is 11.2. The van der Waals surface area contributed by atoms with E-state index in [9.17, 15) is 30.3 Å². The van der Waals surface area contributed by atoms with Gasteiger partial charge < -0.3 is 40.3 Å². The van der Waals surface area contributed by atoms with Crippen LogP contribution in [-0.4, -0.2) is 87.5 Å². The highest BCUT2D eigenvalue weighted by Gasteiger charge is 2.44. The first-order chi connectivity index (χ1) is 28.8. The molecule has 1 saturated heterocycles. The van der Waals surface area contributed by atoms with Crippen LogP contribution in [0.4, 0.5) is 0 Å². The molecule has 0 aromatic rings. The number of carbonyl (C=O) groups is 1. The molecule has 6 N–H and O–H groups in total. The topological polar surface area (TPSA) is 149 Å². The van der Waals surface area contributed by atoms with E-state index in [1.807, 2.05) is 6.08 Å². The zero-order valence-corrected chi connectivity index (χ0v) is 38.5. The zero-order valence-electron chi connectivity index (χ0n) is 38.5. The number of allylic oxidation sites excluding steroid dienone is 1. The predicted molar refractivity (Wildman–Crippen MR) is 244 cm³/mol. The van der Waals surface area contributed by atoms with Crippen LogP contribution >= 0.6 is 0 Å². The van der Waals surface area contributed by atoms with Crippen LogP contribution in [0.2, 0.25) is 0 Å². The fourth-order valence-corrected chi connectivity index (χ4v) is 8.28. The van der Waals surface area contributed by atoms with E-state index in [1.54, 1.807) is 6.08 Å². The Kier molecular flexibility index (Phi) is 38.9. The molecule has 0 bridgehead atoms. The number of hydrogen-bond donors (Lipinski definition) is 6. The highest BCUT2D eigenvalue weighted by Crippen LogP contribution is 2.23. The number of carbonyl (C=O) groups excluding carboxylic acids is 1. The molecule has 0 spiro atoms. The standard InChI is InChI=1S/C50H97NO8/c1-3-5-7-9-11-13-15-17-18-19-20-21-22-23-24-25-26-28-30-32-34-36-38-40-46(54)51-43(42-58-50-49(57)48(56)47(55)45(41-52)59-50)44(53)39-37-35-33-31-29-27-16-14-12-10-8-6-4-2/h37,39,43-45,47-50,52-53,55-57H,3-36,38,40-42H2,1-2H3,(H,51,54). The molecule has 0 saturated carbocycles. The minimum absolute atomic E-state index is 0.172. The van der Waals surface area contributed by atoms with Gasteiger partial charge in [-0.3, -0.25) is 4.79 Å². The van der Waals surface area contributed by atoms with Gasteiger partial charge in [-0.05, 0) is 19.3 Å². The molecule has 0 radical (unpaired) electrons. The van der Waals surface area contributed by atoms with E-state index in [0.29, 0.717) is 6.42 Å². The molecule has 0 aromatic heterocycles. The SMILES string of the molecule is CCCCCCCCCCCCCC=CC(O)C(COC1OC(CO)C(O)C(O)C1O)NC(=O)CCCCCCCCCCCCCCCCCCCCCCCCC. The van der Waals surface area contributed by atoms with Gasteiger partial charge in [0, 0.05) is 6.42 Å². The van der Waals surface area contributed by atoms with Gasteiger partial charge in [-0.2, -0.15) is 0 Å². The molecule has 7 unspecified atom stereocenters. The minimum Gasteiger partial charge on any atom is -0.394 e.